The van der Waals surface area contributed by atoms with Crippen LogP contribution in [-0.2, 0) is 14.4 Å². The lowest BCUT2D eigenvalue weighted by molar-refractivity contribution is -0.144. The van der Waals surface area contributed by atoms with E-state index in [2.05, 4.69) is 18.2 Å². The largest absolute Gasteiger partial charge is 0.395 e. The fraction of sp³-hybridized carbons (Fsp3) is 0.536. The van der Waals surface area contributed by atoms with Gasteiger partial charge in [-0.2, -0.15) is 0 Å². The summed E-state index contributed by atoms with van der Waals surface area (Å²) in [4.78, 5) is 47.6. The minimum absolute atomic E-state index is 0.0310. The van der Waals surface area contributed by atoms with Crippen LogP contribution in [0.3, 0.4) is 0 Å². The number of carbonyl (C=O) groups excluding carboxylic acids is 3. The number of nitrogens with zero attached hydrogens (tertiary/aromatic N) is 3. The number of hydrogen-bond acceptors (Lipinski definition) is 5. The Morgan fingerprint density at radius 3 is 2.47 bits per heavy atom. The Labute approximate surface area is 216 Å². The molecule has 3 fully saturated rings. The first-order chi connectivity index (χ1) is 17.6. The van der Waals surface area contributed by atoms with Crippen molar-refractivity contribution < 1.29 is 19.5 Å². The van der Waals surface area contributed by atoms with E-state index in [0.717, 1.165) is 31.4 Å². The van der Waals surface area contributed by atoms with Gasteiger partial charge in [-0.05, 0) is 25.0 Å². The van der Waals surface area contributed by atoms with Crippen LogP contribution in [0.4, 0.5) is 5.69 Å². The van der Waals surface area contributed by atoms with Gasteiger partial charge in [-0.3, -0.25) is 14.4 Å². The predicted octanol–water partition coefficient (Wildman–Crippen LogP) is 2.61. The summed E-state index contributed by atoms with van der Waals surface area (Å²) in [5.74, 6) is -1.49. The normalized spacial score (nSPS) is 34.5. The van der Waals surface area contributed by atoms with Crippen LogP contribution in [0.15, 0.2) is 54.6 Å². The third kappa shape index (κ3) is 3.56. The zero-order valence-corrected chi connectivity index (χ0v) is 21.2. The molecule has 0 bridgehead atoms. The minimum atomic E-state index is -0.818. The SMILES string of the molecule is O=C1[C@@H]2[C@H](C=CCN1c1ccccc1)S[C@]13C=CCN(C4CCCCC4)C(=O)C1N(CCO)C(=O)[C@H]23. The minimum Gasteiger partial charge on any atom is -0.395 e. The maximum absolute atomic E-state index is 14.2. The number of amides is 3. The Morgan fingerprint density at radius 2 is 1.72 bits per heavy atom. The summed E-state index contributed by atoms with van der Waals surface area (Å²) >= 11 is 1.60. The Morgan fingerprint density at radius 1 is 0.944 bits per heavy atom. The van der Waals surface area contributed by atoms with Gasteiger partial charge in [0.15, 0.2) is 0 Å². The summed E-state index contributed by atoms with van der Waals surface area (Å²) < 4.78 is -0.818. The quantitative estimate of drug-likeness (QED) is 0.634. The zero-order valence-electron chi connectivity index (χ0n) is 20.4. The van der Waals surface area contributed by atoms with Gasteiger partial charge >= 0.3 is 0 Å². The Hall–Kier alpha value is -2.58. The van der Waals surface area contributed by atoms with Crippen LogP contribution in [0.25, 0.3) is 0 Å². The number of rotatable bonds is 4. The van der Waals surface area contributed by atoms with Crippen molar-refractivity contribution in [1.29, 1.82) is 0 Å². The summed E-state index contributed by atoms with van der Waals surface area (Å²) in [5, 5.41) is 9.67. The van der Waals surface area contributed by atoms with Gasteiger partial charge in [0.2, 0.25) is 17.7 Å². The van der Waals surface area contributed by atoms with Crippen LogP contribution in [0.5, 0.6) is 0 Å². The van der Waals surface area contributed by atoms with Gasteiger partial charge in [0, 0.05) is 36.6 Å². The fourth-order valence-corrected chi connectivity index (χ4v) is 9.07. The highest BCUT2D eigenvalue weighted by Crippen LogP contribution is 2.61. The molecule has 0 radical (unpaired) electrons. The van der Waals surface area contributed by atoms with E-state index in [1.165, 1.54) is 6.42 Å². The molecule has 36 heavy (non-hydrogen) atoms. The van der Waals surface area contributed by atoms with Gasteiger partial charge in [-0.1, -0.05) is 61.8 Å². The number of thioether (sulfide) groups is 1. The number of aliphatic hydroxyl groups is 1. The third-order valence-electron chi connectivity index (χ3n) is 8.61. The number of hydrogen-bond donors (Lipinski definition) is 1. The smallest absolute Gasteiger partial charge is 0.247 e. The second kappa shape index (κ2) is 9.38. The summed E-state index contributed by atoms with van der Waals surface area (Å²) in [6.45, 7) is 0.877. The number of likely N-dealkylation sites (tertiary alicyclic amines) is 1. The van der Waals surface area contributed by atoms with Crippen molar-refractivity contribution in [2.75, 3.05) is 31.1 Å². The Kier molecular flexibility index (Phi) is 6.20. The third-order valence-corrected chi connectivity index (χ3v) is 10.4. The van der Waals surface area contributed by atoms with Gasteiger partial charge < -0.3 is 19.8 Å². The van der Waals surface area contributed by atoms with Gasteiger partial charge in [0.1, 0.15) is 6.04 Å². The molecule has 1 aliphatic carbocycles. The molecule has 7 nitrogen and oxygen atoms in total. The number of carbonyl (C=O) groups is 3. The van der Waals surface area contributed by atoms with Crippen molar-refractivity contribution >= 4 is 35.2 Å². The van der Waals surface area contributed by atoms with E-state index in [1.807, 2.05) is 41.3 Å². The van der Waals surface area contributed by atoms with E-state index >= 15 is 0 Å². The monoisotopic (exact) mass is 507 g/mol. The molecule has 1 aromatic rings. The molecule has 1 unspecified atom stereocenters. The second-order valence-corrected chi connectivity index (χ2v) is 12.0. The standard InChI is InChI=1S/C28H33N3O4S/c32-18-17-31-24-27(35)30(20-11-5-2-6-12-20)16-8-14-28(24)23(26(31)34)22-21(36-28)13-7-15-29(25(22)33)19-9-3-1-4-10-19/h1,3-4,7-10,13-14,20-24,32H,2,5-6,11-12,15-18H2/t21-,22+,23-,24?,28-/m0/s1. The van der Waals surface area contributed by atoms with Crippen LogP contribution in [0.1, 0.15) is 32.1 Å². The van der Waals surface area contributed by atoms with Gasteiger partial charge in [-0.25, -0.2) is 0 Å². The lowest BCUT2D eigenvalue weighted by Gasteiger charge is -2.39. The lowest BCUT2D eigenvalue weighted by Crippen LogP contribution is -2.55. The molecule has 190 valence electrons. The number of anilines is 1. The topological polar surface area (TPSA) is 81.2 Å². The molecule has 1 spiro atoms. The zero-order chi connectivity index (χ0) is 24.9. The molecular weight excluding hydrogens is 474 g/mol. The van der Waals surface area contributed by atoms with Crippen LogP contribution >= 0.6 is 11.8 Å². The second-order valence-electron chi connectivity index (χ2n) is 10.5. The summed E-state index contributed by atoms with van der Waals surface area (Å²) in [7, 11) is 0. The lowest BCUT2D eigenvalue weighted by atomic mass is 9.78. The first kappa shape index (κ1) is 23.8. The van der Waals surface area contributed by atoms with E-state index < -0.39 is 22.6 Å². The summed E-state index contributed by atoms with van der Waals surface area (Å²) in [6.07, 6.45) is 13.6. The highest BCUT2D eigenvalue weighted by molar-refractivity contribution is 8.02. The molecule has 6 rings (SSSR count). The van der Waals surface area contributed by atoms with Crippen LogP contribution in [0, 0.1) is 11.8 Å². The molecular formula is C28H33N3O4S. The summed E-state index contributed by atoms with van der Waals surface area (Å²) in [5.41, 5.74) is 0.809. The van der Waals surface area contributed by atoms with Crippen LogP contribution in [0.2, 0.25) is 0 Å². The molecule has 0 aromatic heterocycles. The molecule has 2 saturated heterocycles. The molecule has 1 aromatic carbocycles. The molecule has 1 N–H and O–H groups in total. The van der Waals surface area contributed by atoms with E-state index in [-0.39, 0.29) is 42.2 Å². The molecule has 4 heterocycles. The van der Waals surface area contributed by atoms with Gasteiger partial charge in [0.05, 0.1) is 23.2 Å². The molecule has 3 amide bonds. The number of aliphatic hydroxyl groups excluding tert-OH is 1. The van der Waals surface area contributed by atoms with E-state index in [4.69, 9.17) is 0 Å². The average molecular weight is 508 g/mol. The number of fused-ring (bicyclic) bond motifs is 2. The first-order valence-electron chi connectivity index (χ1n) is 13.2. The van der Waals surface area contributed by atoms with Gasteiger partial charge in [0.25, 0.3) is 0 Å². The highest BCUT2D eigenvalue weighted by Gasteiger charge is 2.71. The van der Waals surface area contributed by atoms with E-state index in [1.54, 1.807) is 21.6 Å². The fourth-order valence-electron chi connectivity index (χ4n) is 7.06. The summed E-state index contributed by atoms with van der Waals surface area (Å²) in [6, 6.07) is 9.05. The number of para-hydroxylation sites is 1. The molecule has 1 saturated carbocycles. The maximum atomic E-state index is 14.2. The number of benzene rings is 1. The van der Waals surface area contributed by atoms with Crippen molar-refractivity contribution in [1.82, 2.24) is 9.80 Å². The van der Waals surface area contributed by atoms with E-state index in [0.29, 0.717) is 13.1 Å². The molecule has 8 heteroatoms. The van der Waals surface area contributed by atoms with Crippen LogP contribution < -0.4 is 4.90 Å². The number of β-amino-alcohol motifs (C(OH)–C–C–N with tert-alkyl or cyclic N) is 1. The van der Waals surface area contributed by atoms with E-state index in [9.17, 15) is 19.5 Å². The Bertz CT molecular complexity index is 1100. The highest BCUT2D eigenvalue weighted by atomic mass is 32.2. The average Bonchev–Trinajstić information content (AvgIpc) is 3.20. The van der Waals surface area contributed by atoms with Crippen molar-refractivity contribution in [3.63, 3.8) is 0 Å². The molecule has 4 aliphatic heterocycles. The van der Waals surface area contributed by atoms with Crippen molar-refractivity contribution in [3.05, 3.63) is 54.6 Å². The first-order valence-corrected chi connectivity index (χ1v) is 14.0. The molecule has 5 aliphatic rings. The van der Waals surface area contributed by atoms with Crippen molar-refractivity contribution in [3.8, 4) is 0 Å². The van der Waals surface area contributed by atoms with Crippen molar-refractivity contribution in [2.45, 2.75) is 54.2 Å². The Balaban J connectivity index is 1.41. The molecule has 5 atom stereocenters. The van der Waals surface area contributed by atoms with Crippen molar-refractivity contribution in [2.24, 2.45) is 11.8 Å². The van der Waals surface area contributed by atoms with Gasteiger partial charge in [-0.15, -0.1) is 11.8 Å². The van der Waals surface area contributed by atoms with Crippen LogP contribution in [-0.4, -0.2) is 80.9 Å². The predicted molar refractivity (Wildman–Crippen MR) is 139 cm³/mol. The maximum Gasteiger partial charge on any atom is 0.247 e.